The molecule has 0 fully saturated rings. The van der Waals surface area contributed by atoms with Gasteiger partial charge >= 0.3 is 0 Å². The van der Waals surface area contributed by atoms with Crippen LogP contribution in [0.1, 0.15) is 5.69 Å². The fourth-order valence-corrected chi connectivity index (χ4v) is 2.16. The maximum atomic E-state index is 10.8. The van der Waals surface area contributed by atoms with E-state index in [1.165, 1.54) is 17.8 Å². The van der Waals surface area contributed by atoms with Gasteiger partial charge in [-0.05, 0) is 30.8 Å². The maximum absolute atomic E-state index is 10.8. The zero-order valence-corrected chi connectivity index (χ0v) is 9.85. The lowest BCUT2D eigenvalue weighted by atomic mass is 10.3. The third-order valence-corrected chi connectivity index (χ3v) is 2.98. The highest BCUT2D eigenvalue weighted by molar-refractivity contribution is 7.99. The van der Waals surface area contributed by atoms with E-state index in [1.54, 1.807) is 30.5 Å². The second kappa shape index (κ2) is 4.92. The zero-order chi connectivity index (χ0) is 12.3. The van der Waals surface area contributed by atoms with Crippen molar-refractivity contribution >= 4 is 17.4 Å². The van der Waals surface area contributed by atoms with E-state index >= 15 is 0 Å². The van der Waals surface area contributed by atoms with Gasteiger partial charge in [0.2, 0.25) is 0 Å². The molecule has 5 nitrogen and oxygen atoms in total. The van der Waals surface area contributed by atoms with E-state index in [0.29, 0.717) is 10.1 Å². The van der Waals surface area contributed by atoms with Gasteiger partial charge in [-0.1, -0.05) is 12.1 Å². The Hall–Kier alpha value is -1.95. The fourth-order valence-electron chi connectivity index (χ4n) is 1.27. The van der Waals surface area contributed by atoms with Gasteiger partial charge in [0.25, 0.3) is 5.69 Å². The summed E-state index contributed by atoms with van der Waals surface area (Å²) in [4.78, 5) is 19.2. The highest BCUT2D eigenvalue weighted by Crippen LogP contribution is 2.32. The van der Waals surface area contributed by atoms with Gasteiger partial charge in [-0.25, -0.2) is 9.97 Å². The molecule has 0 atom stereocenters. The van der Waals surface area contributed by atoms with Gasteiger partial charge in [-0.15, -0.1) is 0 Å². The summed E-state index contributed by atoms with van der Waals surface area (Å²) in [6, 6.07) is 8.33. The smallest absolute Gasteiger partial charge is 0.258 e. The molecule has 17 heavy (non-hydrogen) atoms. The molecule has 0 saturated carbocycles. The van der Waals surface area contributed by atoms with Crippen LogP contribution in [-0.2, 0) is 0 Å². The summed E-state index contributed by atoms with van der Waals surface area (Å²) >= 11 is 1.19. The first-order chi connectivity index (χ1) is 8.16. The van der Waals surface area contributed by atoms with Crippen molar-refractivity contribution in [3.8, 4) is 0 Å². The summed E-state index contributed by atoms with van der Waals surface area (Å²) in [5.41, 5.74) is 0.906. The summed E-state index contributed by atoms with van der Waals surface area (Å²) in [6.45, 7) is 1.85. The molecule has 0 saturated heterocycles. The Morgan fingerprint density at radius 1 is 1.29 bits per heavy atom. The quantitative estimate of drug-likeness (QED) is 0.474. The highest BCUT2D eigenvalue weighted by atomic mass is 32.2. The van der Waals surface area contributed by atoms with Crippen molar-refractivity contribution in [2.75, 3.05) is 0 Å². The minimum Gasteiger partial charge on any atom is -0.258 e. The van der Waals surface area contributed by atoms with E-state index in [9.17, 15) is 10.1 Å². The molecule has 2 rings (SSSR count). The Morgan fingerprint density at radius 3 is 2.76 bits per heavy atom. The van der Waals surface area contributed by atoms with Crippen LogP contribution in [0.5, 0.6) is 0 Å². The Kier molecular flexibility index (Phi) is 3.34. The number of nitrogens with zero attached hydrogens (tertiary/aromatic N) is 3. The number of aromatic nitrogens is 2. The van der Waals surface area contributed by atoms with Gasteiger partial charge in [-0.3, -0.25) is 10.1 Å². The van der Waals surface area contributed by atoms with E-state index in [2.05, 4.69) is 9.97 Å². The molecular formula is C11H9N3O2S. The standard InChI is InChI=1S/C11H9N3O2S/c1-8-6-7-12-11(13-8)17-10-5-3-2-4-9(10)14(15)16/h2-7H,1H3. The SMILES string of the molecule is Cc1ccnc(Sc2ccccc2[N+](=O)[O-])n1. The highest BCUT2D eigenvalue weighted by Gasteiger charge is 2.14. The molecular weight excluding hydrogens is 238 g/mol. The molecule has 0 spiro atoms. The Labute approximate surface area is 102 Å². The van der Waals surface area contributed by atoms with Gasteiger partial charge in [0, 0.05) is 18.0 Å². The summed E-state index contributed by atoms with van der Waals surface area (Å²) in [5.74, 6) is 0. The lowest BCUT2D eigenvalue weighted by Gasteiger charge is -2.01. The normalized spacial score (nSPS) is 10.2. The minimum atomic E-state index is -0.405. The predicted molar refractivity (Wildman–Crippen MR) is 64.0 cm³/mol. The van der Waals surface area contributed by atoms with Crippen LogP contribution in [0.4, 0.5) is 5.69 Å². The van der Waals surface area contributed by atoms with Gasteiger partial charge in [0.1, 0.15) is 0 Å². The van der Waals surface area contributed by atoms with Crippen LogP contribution in [-0.4, -0.2) is 14.9 Å². The summed E-state index contributed by atoms with van der Waals surface area (Å²) in [5, 5.41) is 11.3. The number of hydrogen-bond donors (Lipinski definition) is 0. The van der Waals surface area contributed by atoms with Crippen LogP contribution in [0.2, 0.25) is 0 Å². The predicted octanol–water partition coefficient (Wildman–Crippen LogP) is 2.84. The molecule has 0 radical (unpaired) electrons. The van der Waals surface area contributed by atoms with Gasteiger partial charge in [0.15, 0.2) is 5.16 Å². The van der Waals surface area contributed by atoms with Crippen molar-refractivity contribution in [3.63, 3.8) is 0 Å². The first-order valence-corrected chi connectivity index (χ1v) is 5.69. The molecule has 0 aliphatic rings. The lowest BCUT2D eigenvalue weighted by Crippen LogP contribution is -1.92. The van der Waals surface area contributed by atoms with E-state index in [4.69, 9.17) is 0 Å². The Balaban J connectivity index is 2.33. The second-order valence-corrected chi connectivity index (χ2v) is 4.32. The molecule has 0 unspecified atom stereocenters. The van der Waals surface area contributed by atoms with E-state index < -0.39 is 4.92 Å². The fraction of sp³-hybridized carbons (Fsp3) is 0.0909. The molecule has 6 heteroatoms. The zero-order valence-electron chi connectivity index (χ0n) is 9.03. The lowest BCUT2D eigenvalue weighted by molar-refractivity contribution is -0.387. The number of aryl methyl sites for hydroxylation is 1. The van der Waals surface area contributed by atoms with Crippen molar-refractivity contribution in [1.29, 1.82) is 0 Å². The van der Waals surface area contributed by atoms with Crippen molar-refractivity contribution in [2.24, 2.45) is 0 Å². The number of hydrogen-bond acceptors (Lipinski definition) is 5. The van der Waals surface area contributed by atoms with Gasteiger partial charge in [0.05, 0.1) is 9.82 Å². The minimum absolute atomic E-state index is 0.0719. The molecule has 86 valence electrons. The Bertz CT molecular complexity index is 560. The van der Waals surface area contributed by atoms with E-state index in [-0.39, 0.29) is 5.69 Å². The average Bonchev–Trinajstić information content (AvgIpc) is 2.29. The number of benzene rings is 1. The molecule has 1 aromatic heterocycles. The van der Waals surface area contributed by atoms with Crippen LogP contribution in [0.3, 0.4) is 0 Å². The van der Waals surface area contributed by atoms with Crippen LogP contribution >= 0.6 is 11.8 Å². The van der Waals surface area contributed by atoms with Crippen molar-refractivity contribution in [1.82, 2.24) is 9.97 Å². The topological polar surface area (TPSA) is 68.9 Å². The van der Waals surface area contributed by atoms with E-state index in [1.807, 2.05) is 6.92 Å². The molecule has 0 amide bonds. The number of rotatable bonds is 3. The van der Waals surface area contributed by atoms with E-state index in [0.717, 1.165) is 5.69 Å². The van der Waals surface area contributed by atoms with Crippen LogP contribution < -0.4 is 0 Å². The number of nitro benzene ring substituents is 1. The van der Waals surface area contributed by atoms with Crippen LogP contribution in [0, 0.1) is 17.0 Å². The third kappa shape index (κ3) is 2.79. The van der Waals surface area contributed by atoms with Crippen LogP contribution in [0.25, 0.3) is 0 Å². The maximum Gasteiger partial charge on any atom is 0.283 e. The number of para-hydroxylation sites is 1. The monoisotopic (exact) mass is 247 g/mol. The molecule has 0 bridgehead atoms. The van der Waals surface area contributed by atoms with Gasteiger partial charge in [-0.2, -0.15) is 0 Å². The molecule has 2 aromatic rings. The molecule has 1 heterocycles. The summed E-state index contributed by atoms with van der Waals surface area (Å²) in [6.07, 6.45) is 1.64. The molecule has 1 aromatic carbocycles. The summed E-state index contributed by atoms with van der Waals surface area (Å²) < 4.78 is 0. The van der Waals surface area contributed by atoms with Crippen LogP contribution in [0.15, 0.2) is 46.6 Å². The molecule has 0 aliphatic carbocycles. The van der Waals surface area contributed by atoms with Gasteiger partial charge < -0.3 is 0 Å². The first kappa shape index (κ1) is 11.5. The van der Waals surface area contributed by atoms with Crippen molar-refractivity contribution < 1.29 is 4.92 Å². The molecule has 0 aliphatic heterocycles. The average molecular weight is 247 g/mol. The molecule has 0 N–H and O–H groups in total. The van der Waals surface area contributed by atoms with Crippen molar-refractivity contribution in [2.45, 2.75) is 17.0 Å². The first-order valence-electron chi connectivity index (χ1n) is 4.88. The van der Waals surface area contributed by atoms with Crippen molar-refractivity contribution in [3.05, 3.63) is 52.3 Å². The third-order valence-electron chi connectivity index (χ3n) is 2.04. The number of nitro groups is 1. The largest absolute Gasteiger partial charge is 0.283 e. The Morgan fingerprint density at radius 2 is 2.06 bits per heavy atom. The summed E-state index contributed by atoms with van der Waals surface area (Å²) in [7, 11) is 0. The second-order valence-electron chi connectivity index (χ2n) is 3.31.